The normalized spacial score (nSPS) is 25.3. The van der Waals surface area contributed by atoms with Crippen LogP contribution in [0.15, 0.2) is 42.5 Å². The van der Waals surface area contributed by atoms with Gasteiger partial charge in [0.05, 0.1) is 4.92 Å². The number of nitrogens with zero attached hydrogens (tertiary/aromatic N) is 1. The molecule has 2 fully saturated rings. The van der Waals surface area contributed by atoms with E-state index in [1.807, 2.05) is 0 Å². The Morgan fingerprint density at radius 3 is 2.50 bits per heavy atom. The highest BCUT2D eigenvalue weighted by atomic mass is 35.5. The van der Waals surface area contributed by atoms with Crippen molar-refractivity contribution in [1.82, 2.24) is 5.32 Å². The largest absolute Gasteiger partial charge is 0.377 e. The number of benzene rings is 2. The number of hydrogen-bond acceptors (Lipinski definition) is 4. The van der Waals surface area contributed by atoms with Gasteiger partial charge in [0, 0.05) is 34.8 Å². The predicted molar refractivity (Wildman–Crippen MR) is 113 cm³/mol. The number of nitro benzene ring substituents is 1. The van der Waals surface area contributed by atoms with E-state index in [2.05, 4.69) is 17.6 Å². The van der Waals surface area contributed by atoms with Gasteiger partial charge in [0.2, 0.25) is 0 Å². The maximum Gasteiger partial charge on any atom is 0.292 e. The smallest absolute Gasteiger partial charge is 0.292 e. The second-order valence-corrected chi connectivity index (χ2v) is 8.57. The van der Waals surface area contributed by atoms with Crippen LogP contribution in [0.1, 0.15) is 36.5 Å². The van der Waals surface area contributed by atoms with E-state index >= 15 is 0 Å². The summed E-state index contributed by atoms with van der Waals surface area (Å²) in [6, 6.07) is 10.5. The molecule has 0 aliphatic heterocycles. The van der Waals surface area contributed by atoms with Crippen LogP contribution >= 0.6 is 11.6 Å². The number of amides is 1. The molecule has 6 nitrogen and oxygen atoms in total. The number of hydrogen-bond donors (Lipinski definition) is 2. The molecule has 0 spiro atoms. The maximum atomic E-state index is 13.6. The van der Waals surface area contributed by atoms with Crippen molar-refractivity contribution in [2.75, 3.05) is 5.32 Å². The first-order chi connectivity index (χ1) is 14.4. The van der Waals surface area contributed by atoms with Crippen LogP contribution in [0.3, 0.4) is 0 Å². The van der Waals surface area contributed by atoms with Crippen molar-refractivity contribution in [2.24, 2.45) is 17.8 Å². The van der Waals surface area contributed by atoms with Gasteiger partial charge in [0.25, 0.3) is 11.6 Å². The standard InChI is InChI=1S/C22H23ClFN3O3/c1-2-18(26-22(28)12-3-5-13(23)6-4-12)21-16-10-15(11-17(16)21)25-19-9-14(24)7-8-20(19)27(29)30/h3-9,15-18,21,25H,2,10-11H2,1H3,(H,26,28). The van der Waals surface area contributed by atoms with E-state index in [9.17, 15) is 19.3 Å². The molecule has 0 saturated heterocycles. The first-order valence-electron chi connectivity index (χ1n) is 10.1. The molecule has 0 bridgehead atoms. The molecule has 0 aromatic heterocycles. The molecule has 3 unspecified atom stereocenters. The Morgan fingerprint density at radius 1 is 1.23 bits per heavy atom. The molecule has 158 valence electrons. The summed E-state index contributed by atoms with van der Waals surface area (Å²) in [6.45, 7) is 2.06. The fraction of sp³-hybridized carbons (Fsp3) is 0.409. The molecule has 1 amide bonds. The summed E-state index contributed by atoms with van der Waals surface area (Å²) < 4.78 is 13.6. The number of halogens is 2. The maximum absolute atomic E-state index is 13.6. The van der Waals surface area contributed by atoms with Crippen LogP contribution in [0, 0.1) is 33.7 Å². The first kappa shape index (κ1) is 20.6. The monoisotopic (exact) mass is 431 g/mol. The molecular formula is C22H23ClFN3O3. The van der Waals surface area contributed by atoms with Crippen molar-refractivity contribution in [1.29, 1.82) is 0 Å². The second kappa shape index (κ2) is 8.22. The van der Waals surface area contributed by atoms with Crippen molar-refractivity contribution in [3.63, 3.8) is 0 Å². The number of anilines is 1. The summed E-state index contributed by atoms with van der Waals surface area (Å²) in [5.74, 6) is 0.733. The molecule has 2 saturated carbocycles. The minimum absolute atomic E-state index is 0.0706. The van der Waals surface area contributed by atoms with Gasteiger partial charge >= 0.3 is 0 Å². The van der Waals surface area contributed by atoms with E-state index in [4.69, 9.17) is 11.6 Å². The van der Waals surface area contributed by atoms with Crippen LogP contribution in [0.2, 0.25) is 5.02 Å². The third kappa shape index (κ3) is 4.12. The van der Waals surface area contributed by atoms with Gasteiger partial charge in [0.15, 0.2) is 0 Å². The average molecular weight is 432 g/mol. The van der Waals surface area contributed by atoms with Gasteiger partial charge < -0.3 is 10.6 Å². The molecule has 2 N–H and O–H groups in total. The SMILES string of the molecule is CCC(NC(=O)c1ccc(Cl)cc1)C1C2CC(Nc3cc(F)ccc3[N+](=O)[O-])CC21. The fourth-order valence-electron chi connectivity index (χ4n) is 4.93. The zero-order valence-corrected chi connectivity index (χ0v) is 17.2. The first-order valence-corrected chi connectivity index (χ1v) is 10.5. The third-order valence-corrected chi connectivity index (χ3v) is 6.61. The Labute approximate surface area is 179 Å². The number of fused-ring (bicyclic) bond motifs is 1. The van der Waals surface area contributed by atoms with Crippen molar-refractivity contribution in [2.45, 2.75) is 38.3 Å². The van der Waals surface area contributed by atoms with Gasteiger partial charge in [-0.15, -0.1) is 0 Å². The van der Waals surface area contributed by atoms with Crippen molar-refractivity contribution in [3.8, 4) is 0 Å². The van der Waals surface area contributed by atoms with Crippen LogP contribution < -0.4 is 10.6 Å². The average Bonchev–Trinajstić information content (AvgIpc) is 3.20. The summed E-state index contributed by atoms with van der Waals surface area (Å²) in [7, 11) is 0. The van der Waals surface area contributed by atoms with E-state index < -0.39 is 10.7 Å². The summed E-state index contributed by atoms with van der Waals surface area (Å²) in [5, 5.41) is 18.1. The molecule has 0 heterocycles. The zero-order valence-electron chi connectivity index (χ0n) is 16.5. The quantitative estimate of drug-likeness (QED) is 0.475. The summed E-state index contributed by atoms with van der Waals surface area (Å²) in [5.41, 5.74) is 0.697. The lowest BCUT2D eigenvalue weighted by atomic mass is 9.98. The number of rotatable bonds is 7. The molecule has 2 aliphatic carbocycles. The van der Waals surface area contributed by atoms with E-state index in [0.717, 1.165) is 25.3 Å². The van der Waals surface area contributed by atoms with Crippen LogP contribution in [0.4, 0.5) is 15.8 Å². The number of carbonyl (C=O) groups is 1. The lowest BCUT2D eigenvalue weighted by molar-refractivity contribution is -0.384. The van der Waals surface area contributed by atoms with Gasteiger partial charge in [0.1, 0.15) is 11.5 Å². The third-order valence-electron chi connectivity index (χ3n) is 6.35. The van der Waals surface area contributed by atoms with Crippen LogP contribution in [-0.2, 0) is 0 Å². The molecule has 30 heavy (non-hydrogen) atoms. The van der Waals surface area contributed by atoms with Gasteiger partial charge in [-0.2, -0.15) is 0 Å². The van der Waals surface area contributed by atoms with E-state index in [1.54, 1.807) is 24.3 Å². The van der Waals surface area contributed by atoms with Crippen molar-refractivity contribution in [3.05, 3.63) is 69.0 Å². The van der Waals surface area contributed by atoms with Crippen LogP contribution in [0.25, 0.3) is 0 Å². The topological polar surface area (TPSA) is 84.3 Å². The minimum atomic E-state index is -0.500. The van der Waals surface area contributed by atoms with Crippen molar-refractivity contribution < 1.29 is 14.1 Å². The summed E-state index contributed by atoms with van der Waals surface area (Å²) >= 11 is 5.89. The Balaban J connectivity index is 1.35. The molecular weight excluding hydrogens is 409 g/mol. The Kier molecular flexibility index (Phi) is 5.64. The van der Waals surface area contributed by atoms with E-state index in [-0.39, 0.29) is 29.4 Å². The van der Waals surface area contributed by atoms with Gasteiger partial charge in [-0.3, -0.25) is 14.9 Å². The zero-order chi connectivity index (χ0) is 21.4. The molecule has 4 rings (SSSR count). The molecule has 0 radical (unpaired) electrons. The van der Waals surface area contributed by atoms with Gasteiger partial charge in [-0.05, 0) is 67.3 Å². The lowest BCUT2D eigenvalue weighted by Gasteiger charge is -2.22. The van der Waals surface area contributed by atoms with Gasteiger partial charge in [-0.25, -0.2) is 4.39 Å². The second-order valence-electron chi connectivity index (χ2n) is 8.13. The van der Waals surface area contributed by atoms with E-state index in [0.29, 0.717) is 28.3 Å². The van der Waals surface area contributed by atoms with Crippen molar-refractivity contribution >= 4 is 28.9 Å². The molecule has 8 heteroatoms. The molecule has 2 aromatic rings. The number of carbonyl (C=O) groups excluding carboxylic acids is 1. The predicted octanol–water partition coefficient (Wildman–Crippen LogP) is 5.03. The summed E-state index contributed by atoms with van der Waals surface area (Å²) in [4.78, 5) is 23.2. The Bertz CT molecular complexity index is 957. The summed E-state index contributed by atoms with van der Waals surface area (Å²) in [6.07, 6.45) is 2.55. The number of nitrogens with one attached hydrogen (secondary N) is 2. The van der Waals surface area contributed by atoms with Crippen LogP contribution in [-0.4, -0.2) is 22.9 Å². The highest BCUT2D eigenvalue weighted by Crippen LogP contribution is 2.60. The van der Waals surface area contributed by atoms with E-state index in [1.165, 1.54) is 12.1 Å². The Hall–Kier alpha value is -2.67. The fourth-order valence-corrected chi connectivity index (χ4v) is 5.06. The molecule has 2 aliphatic rings. The van der Waals surface area contributed by atoms with Gasteiger partial charge in [-0.1, -0.05) is 18.5 Å². The minimum Gasteiger partial charge on any atom is -0.377 e. The number of nitro groups is 1. The molecule has 2 aromatic carbocycles. The lowest BCUT2D eigenvalue weighted by Crippen LogP contribution is -2.38. The van der Waals surface area contributed by atoms with Crippen LogP contribution in [0.5, 0.6) is 0 Å². The Morgan fingerprint density at radius 2 is 1.90 bits per heavy atom. The highest BCUT2D eigenvalue weighted by molar-refractivity contribution is 6.30. The molecule has 3 atom stereocenters. The highest BCUT2D eigenvalue weighted by Gasteiger charge is 2.58.